The molecular weight excluding hydrogens is 296 g/mol. The zero-order valence-corrected chi connectivity index (χ0v) is 11.3. The first-order valence-electron chi connectivity index (χ1n) is 6.02. The van der Waals surface area contributed by atoms with Crippen LogP contribution in [0.2, 0.25) is 0 Å². The van der Waals surface area contributed by atoms with Crippen molar-refractivity contribution in [3.63, 3.8) is 0 Å². The van der Waals surface area contributed by atoms with E-state index in [4.69, 9.17) is 4.52 Å². The molecule has 1 fully saturated rings. The highest BCUT2D eigenvalue weighted by Gasteiger charge is 2.31. The fourth-order valence-corrected chi connectivity index (χ4v) is 2.83. The lowest BCUT2D eigenvalue weighted by Gasteiger charge is -2.07. The molecule has 0 amide bonds. The molecular formula is C13H13BrN2O2. The van der Waals surface area contributed by atoms with Crippen LogP contribution in [-0.2, 0) is 0 Å². The molecule has 1 aromatic heterocycles. The molecule has 1 N–H and O–H groups in total. The molecule has 4 nitrogen and oxygen atoms in total. The summed E-state index contributed by atoms with van der Waals surface area (Å²) in [6.45, 7) is 0. The predicted octanol–water partition coefficient (Wildman–Crippen LogP) is 3.13. The van der Waals surface area contributed by atoms with E-state index in [0.29, 0.717) is 11.7 Å². The Morgan fingerprint density at radius 3 is 2.83 bits per heavy atom. The van der Waals surface area contributed by atoms with Gasteiger partial charge < -0.3 is 9.63 Å². The number of benzene rings is 1. The van der Waals surface area contributed by atoms with Gasteiger partial charge >= 0.3 is 0 Å². The fraction of sp³-hybridized carbons (Fsp3) is 0.385. The Morgan fingerprint density at radius 1 is 1.28 bits per heavy atom. The van der Waals surface area contributed by atoms with Crippen LogP contribution in [0.15, 0.2) is 33.3 Å². The van der Waals surface area contributed by atoms with Crippen molar-refractivity contribution in [1.82, 2.24) is 10.1 Å². The number of nitrogens with zero attached hydrogens (tertiary/aromatic N) is 2. The third kappa shape index (κ3) is 2.08. The number of aliphatic hydroxyl groups excluding tert-OH is 1. The van der Waals surface area contributed by atoms with Crippen LogP contribution in [0.5, 0.6) is 0 Å². The summed E-state index contributed by atoms with van der Waals surface area (Å²) in [7, 11) is 0. The second kappa shape index (κ2) is 4.82. The number of halogens is 1. The Labute approximate surface area is 113 Å². The first-order valence-corrected chi connectivity index (χ1v) is 6.81. The van der Waals surface area contributed by atoms with Gasteiger partial charge in [-0.05, 0) is 31.4 Å². The van der Waals surface area contributed by atoms with Gasteiger partial charge in [-0.2, -0.15) is 4.98 Å². The average molecular weight is 309 g/mol. The first-order chi connectivity index (χ1) is 8.75. The van der Waals surface area contributed by atoms with E-state index in [-0.39, 0.29) is 12.0 Å². The first kappa shape index (κ1) is 11.9. The minimum absolute atomic E-state index is 0.00580. The molecule has 2 aromatic rings. The molecule has 3 rings (SSSR count). The Bertz CT molecular complexity index is 555. The van der Waals surface area contributed by atoms with Crippen molar-refractivity contribution in [2.75, 3.05) is 0 Å². The highest BCUT2D eigenvalue weighted by atomic mass is 79.9. The summed E-state index contributed by atoms with van der Waals surface area (Å²) >= 11 is 3.47. The van der Waals surface area contributed by atoms with Crippen LogP contribution in [0.3, 0.4) is 0 Å². The Hall–Kier alpha value is -1.20. The number of aromatic nitrogens is 2. The highest BCUT2D eigenvalue weighted by Crippen LogP contribution is 2.35. The quantitative estimate of drug-likeness (QED) is 0.926. The normalized spacial score (nSPS) is 23.4. The number of rotatable bonds is 2. The molecule has 0 aliphatic heterocycles. The minimum Gasteiger partial charge on any atom is -0.392 e. The summed E-state index contributed by atoms with van der Waals surface area (Å²) < 4.78 is 6.22. The zero-order valence-electron chi connectivity index (χ0n) is 9.71. The van der Waals surface area contributed by atoms with Gasteiger partial charge in [-0.25, -0.2) is 0 Å². The highest BCUT2D eigenvalue weighted by molar-refractivity contribution is 9.10. The average Bonchev–Trinajstić information content (AvgIpc) is 2.98. The van der Waals surface area contributed by atoms with Crippen LogP contribution >= 0.6 is 15.9 Å². The molecule has 2 unspecified atom stereocenters. The van der Waals surface area contributed by atoms with Crippen LogP contribution in [0.4, 0.5) is 0 Å². The van der Waals surface area contributed by atoms with Crippen molar-refractivity contribution >= 4 is 15.9 Å². The Kier molecular flexibility index (Phi) is 3.18. The molecule has 0 spiro atoms. The maximum absolute atomic E-state index is 9.84. The molecule has 1 aliphatic carbocycles. The van der Waals surface area contributed by atoms with Gasteiger partial charge in [0.2, 0.25) is 11.7 Å². The maximum Gasteiger partial charge on any atom is 0.232 e. The molecule has 1 aromatic carbocycles. The van der Waals surface area contributed by atoms with Crippen LogP contribution in [-0.4, -0.2) is 21.4 Å². The maximum atomic E-state index is 9.84. The predicted molar refractivity (Wildman–Crippen MR) is 70.0 cm³/mol. The van der Waals surface area contributed by atoms with Gasteiger partial charge in [0.15, 0.2) is 0 Å². The molecule has 1 heterocycles. The molecule has 1 aliphatic rings. The fourth-order valence-electron chi connectivity index (χ4n) is 2.37. The number of hydrogen-bond acceptors (Lipinski definition) is 4. The van der Waals surface area contributed by atoms with Crippen molar-refractivity contribution in [1.29, 1.82) is 0 Å². The number of aliphatic hydroxyl groups is 1. The molecule has 0 radical (unpaired) electrons. The van der Waals surface area contributed by atoms with Crippen LogP contribution in [0.25, 0.3) is 11.4 Å². The SMILES string of the molecule is OC1CCCC1c1nc(-c2ccccc2Br)no1. The van der Waals surface area contributed by atoms with E-state index in [9.17, 15) is 5.11 Å². The standard InChI is InChI=1S/C13H13BrN2O2/c14-10-6-2-1-4-8(10)12-15-13(18-16-12)9-5-3-7-11(9)17/h1-2,4,6,9,11,17H,3,5,7H2. The second-order valence-electron chi connectivity index (χ2n) is 4.54. The second-order valence-corrected chi connectivity index (χ2v) is 5.40. The van der Waals surface area contributed by atoms with Crippen molar-refractivity contribution in [3.8, 4) is 11.4 Å². The molecule has 94 valence electrons. The van der Waals surface area contributed by atoms with E-state index >= 15 is 0 Å². The summed E-state index contributed by atoms with van der Waals surface area (Å²) in [5.74, 6) is 1.11. The van der Waals surface area contributed by atoms with E-state index < -0.39 is 0 Å². The monoisotopic (exact) mass is 308 g/mol. The molecule has 18 heavy (non-hydrogen) atoms. The van der Waals surface area contributed by atoms with Gasteiger partial charge in [0, 0.05) is 10.0 Å². The van der Waals surface area contributed by atoms with Gasteiger partial charge in [0.05, 0.1) is 12.0 Å². The van der Waals surface area contributed by atoms with Gasteiger partial charge in [-0.3, -0.25) is 0 Å². The van der Waals surface area contributed by atoms with E-state index in [1.807, 2.05) is 24.3 Å². The zero-order chi connectivity index (χ0) is 12.5. The summed E-state index contributed by atoms with van der Waals surface area (Å²) in [6.07, 6.45) is 2.40. The van der Waals surface area contributed by atoms with Gasteiger partial charge in [0.25, 0.3) is 0 Å². The lowest BCUT2D eigenvalue weighted by molar-refractivity contribution is 0.148. The summed E-state index contributed by atoms with van der Waals surface area (Å²) in [5, 5.41) is 13.8. The van der Waals surface area contributed by atoms with E-state index in [1.165, 1.54) is 0 Å². The summed E-state index contributed by atoms with van der Waals surface area (Å²) in [5.41, 5.74) is 0.903. The van der Waals surface area contributed by atoms with E-state index in [2.05, 4.69) is 26.1 Å². The molecule has 0 bridgehead atoms. The molecule has 2 atom stereocenters. The van der Waals surface area contributed by atoms with Gasteiger partial charge in [-0.15, -0.1) is 0 Å². The molecule has 1 saturated carbocycles. The van der Waals surface area contributed by atoms with Crippen molar-refractivity contribution < 1.29 is 9.63 Å². The lowest BCUT2D eigenvalue weighted by atomic mass is 10.1. The smallest absolute Gasteiger partial charge is 0.232 e. The lowest BCUT2D eigenvalue weighted by Crippen LogP contribution is -2.11. The van der Waals surface area contributed by atoms with Gasteiger partial charge in [-0.1, -0.05) is 33.2 Å². The Morgan fingerprint density at radius 2 is 2.11 bits per heavy atom. The topological polar surface area (TPSA) is 59.2 Å². The Balaban J connectivity index is 1.92. The van der Waals surface area contributed by atoms with E-state index in [1.54, 1.807) is 0 Å². The van der Waals surface area contributed by atoms with Crippen LogP contribution in [0, 0.1) is 0 Å². The molecule has 0 saturated heterocycles. The summed E-state index contributed by atoms with van der Waals surface area (Å²) in [6, 6.07) is 7.75. The summed E-state index contributed by atoms with van der Waals surface area (Å²) in [4.78, 5) is 4.41. The third-order valence-corrected chi connectivity index (χ3v) is 4.04. The minimum atomic E-state index is -0.350. The van der Waals surface area contributed by atoms with Crippen LogP contribution in [0.1, 0.15) is 31.1 Å². The largest absolute Gasteiger partial charge is 0.392 e. The van der Waals surface area contributed by atoms with Crippen molar-refractivity contribution in [2.45, 2.75) is 31.3 Å². The van der Waals surface area contributed by atoms with Crippen LogP contribution < -0.4 is 0 Å². The van der Waals surface area contributed by atoms with E-state index in [0.717, 1.165) is 29.3 Å². The third-order valence-electron chi connectivity index (χ3n) is 3.35. The van der Waals surface area contributed by atoms with Crippen molar-refractivity contribution in [2.24, 2.45) is 0 Å². The van der Waals surface area contributed by atoms with Crippen molar-refractivity contribution in [3.05, 3.63) is 34.6 Å². The number of hydrogen-bond donors (Lipinski definition) is 1. The van der Waals surface area contributed by atoms with Gasteiger partial charge in [0.1, 0.15) is 0 Å². The molecule has 5 heteroatoms.